The summed E-state index contributed by atoms with van der Waals surface area (Å²) in [5.74, 6) is 0.0925. The molecule has 2 fully saturated rings. The zero-order valence-electron chi connectivity index (χ0n) is 6.95. The summed E-state index contributed by atoms with van der Waals surface area (Å²) in [6.45, 7) is 1.99. The molecule has 0 aromatic rings. The topological polar surface area (TPSA) is 41.6 Å². The SMILES string of the molecule is CN1C(=O)COC2CNCC21.Cl. The number of carbonyl (C=O) groups excluding carboxylic acids is 1. The number of halogens is 1. The van der Waals surface area contributed by atoms with Gasteiger partial charge in [0.1, 0.15) is 6.61 Å². The molecule has 1 N–H and O–H groups in total. The van der Waals surface area contributed by atoms with Crippen molar-refractivity contribution in [2.45, 2.75) is 12.1 Å². The van der Waals surface area contributed by atoms with Crippen LogP contribution in [0.3, 0.4) is 0 Å². The van der Waals surface area contributed by atoms with Gasteiger partial charge in [-0.1, -0.05) is 0 Å². The van der Waals surface area contributed by atoms with Gasteiger partial charge in [0.25, 0.3) is 0 Å². The summed E-state index contributed by atoms with van der Waals surface area (Å²) in [7, 11) is 1.84. The van der Waals surface area contributed by atoms with Crippen molar-refractivity contribution < 1.29 is 9.53 Å². The van der Waals surface area contributed by atoms with Crippen LogP contribution in [0.1, 0.15) is 0 Å². The molecule has 2 rings (SSSR count). The van der Waals surface area contributed by atoms with E-state index in [0.29, 0.717) is 0 Å². The second-order valence-corrected chi connectivity index (χ2v) is 3.08. The normalized spacial score (nSPS) is 34.4. The fourth-order valence-electron chi connectivity index (χ4n) is 1.66. The molecule has 12 heavy (non-hydrogen) atoms. The zero-order chi connectivity index (χ0) is 7.84. The van der Waals surface area contributed by atoms with Crippen LogP contribution < -0.4 is 5.32 Å². The number of rotatable bonds is 0. The van der Waals surface area contributed by atoms with Crippen molar-refractivity contribution in [1.29, 1.82) is 0 Å². The molecule has 0 radical (unpaired) electrons. The lowest BCUT2D eigenvalue weighted by atomic mass is 10.1. The van der Waals surface area contributed by atoms with E-state index in [1.54, 1.807) is 4.90 Å². The summed E-state index contributed by atoms with van der Waals surface area (Å²) in [6, 6.07) is 0.260. The van der Waals surface area contributed by atoms with Crippen molar-refractivity contribution in [3.8, 4) is 0 Å². The average Bonchev–Trinajstić information content (AvgIpc) is 2.45. The molecule has 2 saturated heterocycles. The molecule has 2 aliphatic rings. The van der Waals surface area contributed by atoms with E-state index in [1.165, 1.54) is 0 Å². The highest BCUT2D eigenvalue weighted by atomic mass is 35.5. The Hall–Kier alpha value is -0.320. The molecule has 70 valence electrons. The summed E-state index contributed by atoms with van der Waals surface area (Å²) in [4.78, 5) is 12.9. The van der Waals surface area contributed by atoms with Crippen LogP contribution in [0, 0.1) is 0 Å². The molecule has 0 saturated carbocycles. The Morgan fingerprint density at radius 1 is 1.58 bits per heavy atom. The monoisotopic (exact) mass is 192 g/mol. The van der Waals surface area contributed by atoms with Gasteiger partial charge in [0.2, 0.25) is 5.91 Å². The minimum atomic E-state index is 0. The molecule has 0 spiro atoms. The van der Waals surface area contributed by atoms with Gasteiger partial charge in [-0.05, 0) is 0 Å². The number of carbonyl (C=O) groups is 1. The van der Waals surface area contributed by atoms with Gasteiger partial charge in [-0.15, -0.1) is 12.4 Å². The molecule has 0 aliphatic carbocycles. The maximum Gasteiger partial charge on any atom is 0.248 e. The smallest absolute Gasteiger partial charge is 0.248 e. The van der Waals surface area contributed by atoms with Gasteiger partial charge < -0.3 is 15.0 Å². The van der Waals surface area contributed by atoms with Crippen LogP contribution >= 0.6 is 12.4 Å². The molecular weight excluding hydrogens is 180 g/mol. The minimum absolute atomic E-state index is 0. The van der Waals surface area contributed by atoms with Gasteiger partial charge in [-0.3, -0.25) is 4.79 Å². The Kier molecular flexibility index (Phi) is 2.93. The van der Waals surface area contributed by atoms with Crippen molar-refractivity contribution in [2.75, 3.05) is 26.7 Å². The predicted molar refractivity (Wildman–Crippen MR) is 46.4 cm³/mol. The standard InChI is InChI=1S/C7H12N2O2.ClH/c1-9-5-2-8-3-6(5)11-4-7(9)10;/h5-6,8H,2-4H2,1H3;1H. The van der Waals surface area contributed by atoms with Crippen molar-refractivity contribution in [2.24, 2.45) is 0 Å². The van der Waals surface area contributed by atoms with Crippen molar-refractivity contribution in [3.05, 3.63) is 0 Å². The summed E-state index contributed by atoms with van der Waals surface area (Å²) in [5.41, 5.74) is 0. The second-order valence-electron chi connectivity index (χ2n) is 3.08. The molecule has 2 atom stereocenters. The van der Waals surface area contributed by atoms with Gasteiger partial charge >= 0.3 is 0 Å². The maximum absolute atomic E-state index is 11.1. The van der Waals surface area contributed by atoms with Gasteiger partial charge in [0.15, 0.2) is 0 Å². The molecule has 2 unspecified atom stereocenters. The lowest BCUT2D eigenvalue weighted by Crippen LogP contribution is -2.51. The van der Waals surface area contributed by atoms with Crippen LogP contribution in [0.15, 0.2) is 0 Å². The first kappa shape index (κ1) is 9.77. The van der Waals surface area contributed by atoms with Crippen LogP contribution in [0.2, 0.25) is 0 Å². The zero-order valence-corrected chi connectivity index (χ0v) is 7.76. The molecular formula is C7H13ClN2O2. The fraction of sp³-hybridized carbons (Fsp3) is 0.857. The van der Waals surface area contributed by atoms with E-state index in [0.717, 1.165) is 13.1 Å². The van der Waals surface area contributed by atoms with Gasteiger partial charge in [-0.25, -0.2) is 0 Å². The Balaban J connectivity index is 0.000000720. The van der Waals surface area contributed by atoms with Gasteiger partial charge in [0, 0.05) is 20.1 Å². The lowest BCUT2D eigenvalue weighted by molar-refractivity contribution is -0.150. The number of nitrogens with zero attached hydrogens (tertiary/aromatic N) is 1. The number of hydrogen-bond acceptors (Lipinski definition) is 3. The van der Waals surface area contributed by atoms with E-state index < -0.39 is 0 Å². The predicted octanol–water partition coefficient (Wildman–Crippen LogP) is -0.763. The first-order valence-corrected chi connectivity index (χ1v) is 3.87. The van der Waals surface area contributed by atoms with Crippen molar-refractivity contribution >= 4 is 18.3 Å². The van der Waals surface area contributed by atoms with E-state index in [2.05, 4.69) is 5.32 Å². The molecule has 0 aromatic heterocycles. The molecule has 0 aromatic carbocycles. The maximum atomic E-state index is 11.1. The third-order valence-electron chi connectivity index (χ3n) is 2.44. The number of morpholine rings is 1. The Morgan fingerprint density at radius 3 is 3.08 bits per heavy atom. The van der Waals surface area contributed by atoms with Crippen LogP contribution in [-0.2, 0) is 9.53 Å². The molecule has 4 nitrogen and oxygen atoms in total. The number of nitrogens with one attached hydrogen (secondary N) is 1. The number of ether oxygens (including phenoxy) is 1. The molecule has 2 aliphatic heterocycles. The summed E-state index contributed by atoms with van der Waals surface area (Å²) in [5, 5.41) is 3.20. The number of fused-ring (bicyclic) bond motifs is 1. The first-order valence-electron chi connectivity index (χ1n) is 3.87. The van der Waals surface area contributed by atoms with E-state index >= 15 is 0 Å². The average molecular weight is 193 g/mol. The van der Waals surface area contributed by atoms with Crippen LogP contribution in [0.25, 0.3) is 0 Å². The van der Waals surface area contributed by atoms with Crippen molar-refractivity contribution in [3.63, 3.8) is 0 Å². The first-order chi connectivity index (χ1) is 5.29. The largest absolute Gasteiger partial charge is 0.365 e. The second kappa shape index (κ2) is 3.60. The molecule has 5 heteroatoms. The van der Waals surface area contributed by atoms with Crippen LogP contribution in [0.5, 0.6) is 0 Å². The summed E-state index contributed by atoms with van der Waals surface area (Å²) in [6.07, 6.45) is 0.220. The number of likely N-dealkylation sites (N-methyl/N-ethyl adjacent to an activating group) is 1. The Labute approximate surface area is 77.7 Å². The number of amides is 1. The van der Waals surface area contributed by atoms with Crippen molar-refractivity contribution in [1.82, 2.24) is 10.2 Å². The Bertz CT molecular complexity index is 188. The highest BCUT2D eigenvalue weighted by Gasteiger charge is 2.37. The van der Waals surface area contributed by atoms with E-state index in [-0.39, 0.29) is 37.1 Å². The van der Waals surface area contributed by atoms with Gasteiger partial charge in [0.05, 0.1) is 12.1 Å². The molecule has 0 bridgehead atoms. The highest BCUT2D eigenvalue weighted by Crippen LogP contribution is 2.15. The third-order valence-corrected chi connectivity index (χ3v) is 2.44. The van der Waals surface area contributed by atoms with Gasteiger partial charge in [-0.2, -0.15) is 0 Å². The Morgan fingerprint density at radius 2 is 2.33 bits per heavy atom. The molecule has 1 amide bonds. The summed E-state index contributed by atoms with van der Waals surface area (Å²) < 4.78 is 5.33. The minimum Gasteiger partial charge on any atom is -0.365 e. The van der Waals surface area contributed by atoms with Crippen LogP contribution in [-0.4, -0.2) is 49.7 Å². The van der Waals surface area contributed by atoms with E-state index in [1.807, 2.05) is 7.05 Å². The van der Waals surface area contributed by atoms with E-state index in [9.17, 15) is 4.79 Å². The summed E-state index contributed by atoms with van der Waals surface area (Å²) >= 11 is 0. The molecule has 2 heterocycles. The van der Waals surface area contributed by atoms with E-state index in [4.69, 9.17) is 4.74 Å². The number of hydrogen-bond donors (Lipinski definition) is 1. The fourth-order valence-corrected chi connectivity index (χ4v) is 1.66. The lowest BCUT2D eigenvalue weighted by Gasteiger charge is -2.33. The third kappa shape index (κ3) is 1.42. The quantitative estimate of drug-likeness (QED) is 0.549. The highest BCUT2D eigenvalue weighted by molar-refractivity contribution is 5.85. The van der Waals surface area contributed by atoms with Crippen LogP contribution in [0.4, 0.5) is 0 Å².